The molecule has 0 heterocycles. The normalized spacial score (nSPS) is 9.93. The van der Waals surface area contributed by atoms with E-state index in [2.05, 4.69) is 6.07 Å². The number of aliphatic hydroxyl groups excluding tert-OH is 1. The van der Waals surface area contributed by atoms with Crippen LogP contribution in [0.2, 0.25) is 0 Å². The monoisotopic (exact) mass is 223 g/mol. The van der Waals surface area contributed by atoms with Crippen LogP contribution in [-0.4, -0.2) is 24.6 Å². The first-order valence-electron chi connectivity index (χ1n) is 4.57. The summed E-state index contributed by atoms with van der Waals surface area (Å²) in [5, 5.41) is 17.8. The highest BCUT2D eigenvalue weighted by Crippen LogP contribution is 2.23. The molecule has 0 unspecified atom stereocenters. The Bertz CT molecular complexity index is 360. The number of nitrogens with zero attached hydrogens (tertiary/aromatic N) is 1. The van der Waals surface area contributed by atoms with Gasteiger partial charge < -0.3 is 9.84 Å². The summed E-state index contributed by atoms with van der Waals surface area (Å²) in [6.45, 7) is 0.634. The summed E-state index contributed by atoms with van der Waals surface area (Å²) in [4.78, 5) is 0.937. The van der Waals surface area contributed by atoms with E-state index in [-0.39, 0.29) is 6.61 Å². The van der Waals surface area contributed by atoms with Crippen molar-refractivity contribution in [1.29, 1.82) is 5.26 Å². The van der Waals surface area contributed by atoms with E-state index in [1.807, 2.05) is 12.1 Å². The maximum Gasteiger partial charge on any atom is 0.100 e. The second-order valence-electron chi connectivity index (χ2n) is 2.94. The summed E-state index contributed by atoms with van der Waals surface area (Å²) in [6, 6.07) is 7.54. The largest absolute Gasteiger partial charge is 0.392 e. The summed E-state index contributed by atoms with van der Waals surface area (Å²) < 4.78 is 4.94. The standard InChI is InChI=1S/C11H13NO2S/c1-14-4-5-15-11-3-2-9(8-13)6-10(11)7-12/h2-3,6,13H,4-5,8H2,1H3. The second kappa shape index (κ2) is 6.46. The van der Waals surface area contributed by atoms with Gasteiger partial charge in [0.05, 0.1) is 18.8 Å². The molecule has 1 rings (SSSR count). The fourth-order valence-corrected chi connectivity index (χ4v) is 2.02. The van der Waals surface area contributed by atoms with Gasteiger partial charge in [-0.05, 0) is 17.7 Å². The molecule has 0 amide bonds. The number of nitriles is 1. The topological polar surface area (TPSA) is 53.2 Å². The number of hydrogen-bond acceptors (Lipinski definition) is 4. The van der Waals surface area contributed by atoms with Gasteiger partial charge in [0.2, 0.25) is 0 Å². The lowest BCUT2D eigenvalue weighted by atomic mass is 10.1. The first-order valence-corrected chi connectivity index (χ1v) is 5.56. The quantitative estimate of drug-likeness (QED) is 0.610. The molecule has 0 aliphatic carbocycles. The number of benzene rings is 1. The molecule has 0 saturated heterocycles. The molecule has 0 saturated carbocycles. The SMILES string of the molecule is COCCSc1ccc(CO)cc1C#N. The maximum absolute atomic E-state index is 8.93. The summed E-state index contributed by atoms with van der Waals surface area (Å²) in [6.07, 6.45) is 0. The number of hydrogen-bond donors (Lipinski definition) is 1. The van der Waals surface area contributed by atoms with Crippen molar-refractivity contribution in [2.24, 2.45) is 0 Å². The fraction of sp³-hybridized carbons (Fsp3) is 0.364. The minimum Gasteiger partial charge on any atom is -0.392 e. The highest BCUT2D eigenvalue weighted by atomic mass is 32.2. The van der Waals surface area contributed by atoms with Crippen LogP contribution in [0.15, 0.2) is 23.1 Å². The van der Waals surface area contributed by atoms with Crippen LogP contribution in [0.4, 0.5) is 0 Å². The smallest absolute Gasteiger partial charge is 0.100 e. The first kappa shape index (κ1) is 12.1. The molecule has 80 valence electrons. The Labute approximate surface area is 93.7 Å². The van der Waals surface area contributed by atoms with Crippen LogP contribution in [-0.2, 0) is 11.3 Å². The molecule has 0 fully saturated rings. The number of thioether (sulfide) groups is 1. The van der Waals surface area contributed by atoms with Gasteiger partial charge >= 0.3 is 0 Å². The van der Waals surface area contributed by atoms with Crippen LogP contribution < -0.4 is 0 Å². The van der Waals surface area contributed by atoms with Gasteiger partial charge in [-0.2, -0.15) is 5.26 Å². The zero-order valence-corrected chi connectivity index (χ0v) is 9.38. The van der Waals surface area contributed by atoms with Gasteiger partial charge in [-0.15, -0.1) is 11.8 Å². The third kappa shape index (κ3) is 3.56. The third-order valence-corrected chi connectivity index (χ3v) is 2.93. The Morgan fingerprint density at radius 3 is 2.93 bits per heavy atom. The van der Waals surface area contributed by atoms with Crippen molar-refractivity contribution in [2.45, 2.75) is 11.5 Å². The third-order valence-electron chi connectivity index (χ3n) is 1.89. The molecular formula is C11H13NO2S. The molecule has 1 aromatic rings. The summed E-state index contributed by atoms with van der Waals surface area (Å²) in [7, 11) is 1.65. The summed E-state index contributed by atoms with van der Waals surface area (Å²) >= 11 is 1.59. The van der Waals surface area contributed by atoms with E-state index in [0.717, 1.165) is 16.2 Å². The molecular weight excluding hydrogens is 210 g/mol. The van der Waals surface area contributed by atoms with E-state index in [0.29, 0.717) is 12.2 Å². The number of rotatable bonds is 5. The van der Waals surface area contributed by atoms with Crippen molar-refractivity contribution in [1.82, 2.24) is 0 Å². The minimum atomic E-state index is -0.0301. The van der Waals surface area contributed by atoms with Crippen molar-refractivity contribution in [3.63, 3.8) is 0 Å². The van der Waals surface area contributed by atoms with Gasteiger partial charge in [-0.3, -0.25) is 0 Å². The second-order valence-corrected chi connectivity index (χ2v) is 4.08. The van der Waals surface area contributed by atoms with Crippen LogP contribution in [0.1, 0.15) is 11.1 Å². The van der Waals surface area contributed by atoms with E-state index in [1.54, 1.807) is 24.9 Å². The molecule has 4 heteroatoms. The van der Waals surface area contributed by atoms with Crippen LogP contribution in [0, 0.1) is 11.3 Å². The van der Waals surface area contributed by atoms with E-state index >= 15 is 0 Å². The van der Waals surface area contributed by atoms with Gasteiger partial charge in [-0.25, -0.2) is 0 Å². The van der Waals surface area contributed by atoms with Crippen LogP contribution in [0.25, 0.3) is 0 Å². The Hall–Kier alpha value is -1.02. The Kier molecular flexibility index (Phi) is 5.19. The molecule has 0 aliphatic heterocycles. The van der Waals surface area contributed by atoms with Gasteiger partial charge in [0.15, 0.2) is 0 Å². The molecule has 1 N–H and O–H groups in total. The zero-order chi connectivity index (χ0) is 11.1. The Morgan fingerprint density at radius 2 is 2.33 bits per heavy atom. The average Bonchev–Trinajstić information content (AvgIpc) is 2.29. The average molecular weight is 223 g/mol. The predicted molar refractivity (Wildman–Crippen MR) is 59.7 cm³/mol. The lowest BCUT2D eigenvalue weighted by molar-refractivity contribution is 0.218. The van der Waals surface area contributed by atoms with Crippen molar-refractivity contribution in [2.75, 3.05) is 19.5 Å². The molecule has 0 bridgehead atoms. The zero-order valence-electron chi connectivity index (χ0n) is 8.56. The van der Waals surface area contributed by atoms with Crippen LogP contribution in [0.5, 0.6) is 0 Å². The fourth-order valence-electron chi connectivity index (χ4n) is 1.12. The molecule has 0 aromatic heterocycles. The number of methoxy groups -OCH3 is 1. The first-order chi connectivity index (χ1) is 7.31. The highest BCUT2D eigenvalue weighted by molar-refractivity contribution is 7.99. The van der Waals surface area contributed by atoms with Gasteiger partial charge in [0, 0.05) is 17.8 Å². The van der Waals surface area contributed by atoms with Crippen molar-refractivity contribution < 1.29 is 9.84 Å². The van der Waals surface area contributed by atoms with Crippen molar-refractivity contribution in [3.8, 4) is 6.07 Å². The number of ether oxygens (including phenoxy) is 1. The molecule has 0 aliphatic rings. The van der Waals surface area contributed by atoms with E-state index in [4.69, 9.17) is 15.1 Å². The van der Waals surface area contributed by atoms with Gasteiger partial charge in [0.1, 0.15) is 6.07 Å². The number of aliphatic hydroxyl groups is 1. The van der Waals surface area contributed by atoms with E-state index in [9.17, 15) is 0 Å². The van der Waals surface area contributed by atoms with Gasteiger partial charge in [-0.1, -0.05) is 6.07 Å². The van der Waals surface area contributed by atoms with Crippen LogP contribution in [0.3, 0.4) is 0 Å². The predicted octanol–water partition coefficient (Wildman–Crippen LogP) is 1.79. The van der Waals surface area contributed by atoms with Gasteiger partial charge in [0.25, 0.3) is 0 Å². The highest BCUT2D eigenvalue weighted by Gasteiger charge is 2.03. The summed E-state index contributed by atoms with van der Waals surface area (Å²) in [5.41, 5.74) is 1.38. The molecule has 0 radical (unpaired) electrons. The lowest BCUT2D eigenvalue weighted by Gasteiger charge is -2.04. The molecule has 1 aromatic carbocycles. The maximum atomic E-state index is 8.93. The summed E-state index contributed by atoms with van der Waals surface area (Å²) in [5.74, 6) is 0.823. The minimum absolute atomic E-state index is 0.0301. The van der Waals surface area contributed by atoms with Crippen LogP contribution >= 0.6 is 11.8 Å². The molecule has 0 atom stereocenters. The van der Waals surface area contributed by atoms with Crippen molar-refractivity contribution >= 4 is 11.8 Å². The molecule has 3 nitrogen and oxygen atoms in total. The Balaban J connectivity index is 2.75. The molecule has 0 spiro atoms. The lowest BCUT2D eigenvalue weighted by Crippen LogP contribution is -1.93. The van der Waals surface area contributed by atoms with Crippen molar-refractivity contribution in [3.05, 3.63) is 29.3 Å². The Morgan fingerprint density at radius 1 is 1.53 bits per heavy atom. The van der Waals surface area contributed by atoms with E-state index < -0.39 is 0 Å². The molecule has 15 heavy (non-hydrogen) atoms. The van der Waals surface area contributed by atoms with E-state index in [1.165, 1.54) is 0 Å².